The van der Waals surface area contributed by atoms with Crippen LogP contribution in [0.2, 0.25) is 0 Å². The van der Waals surface area contributed by atoms with E-state index in [4.69, 9.17) is 9.63 Å². The predicted octanol–water partition coefficient (Wildman–Crippen LogP) is 1.54. The molecule has 1 amide bonds. The van der Waals surface area contributed by atoms with E-state index in [1.54, 1.807) is 0 Å². The van der Waals surface area contributed by atoms with Gasteiger partial charge in [0, 0.05) is 4.57 Å². The van der Waals surface area contributed by atoms with Crippen LogP contribution in [0.25, 0.3) is 0 Å². The zero-order chi connectivity index (χ0) is 11.8. The van der Waals surface area contributed by atoms with Crippen molar-refractivity contribution in [3.63, 3.8) is 0 Å². The van der Waals surface area contributed by atoms with Crippen molar-refractivity contribution in [2.24, 2.45) is 0 Å². The Hall–Kier alpha value is -1.49. The number of hydrogen-bond acceptors (Lipinski definition) is 4. The normalized spacial score (nSPS) is 10.7. The van der Waals surface area contributed by atoms with Crippen LogP contribution in [0.15, 0.2) is 30.3 Å². The van der Waals surface area contributed by atoms with Crippen molar-refractivity contribution in [3.05, 3.63) is 35.9 Å². The minimum Gasteiger partial charge on any atom is -0.445 e. The van der Waals surface area contributed by atoms with Crippen LogP contribution >= 0.6 is 8.25 Å². The number of carbonyl (C=O) groups excluding carboxylic acids is 1. The van der Waals surface area contributed by atoms with Gasteiger partial charge in [-0.1, -0.05) is 34.9 Å². The first kappa shape index (κ1) is 12.6. The summed E-state index contributed by atoms with van der Waals surface area (Å²) < 4.78 is 19.1. The molecule has 0 saturated heterocycles. The molecule has 1 aromatic rings. The number of amides is 1. The summed E-state index contributed by atoms with van der Waals surface area (Å²) >= 11 is 0. The third kappa shape index (κ3) is 5.41. The maximum atomic E-state index is 11.0. The molecule has 1 unspecified atom stereocenters. The van der Waals surface area contributed by atoms with Crippen molar-refractivity contribution in [2.75, 3.05) is 6.73 Å². The van der Waals surface area contributed by atoms with E-state index in [9.17, 15) is 9.36 Å². The summed E-state index contributed by atoms with van der Waals surface area (Å²) in [6.07, 6.45) is -0.708. The Bertz CT molecular complexity index is 356. The summed E-state index contributed by atoms with van der Waals surface area (Å²) in [6.45, 7) is -0.225. The van der Waals surface area contributed by atoms with Gasteiger partial charge in [0.25, 0.3) is 0 Å². The van der Waals surface area contributed by atoms with Crippen molar-refractivity contribution in [1.82, 2.24) is 5.32 Å². The van der Waals surface area contributed by atoms with E-state index < -0.39 is 14.3 Å². The van der Waals surface area contributed by atoms with E-state index in [1.165, 1.54) is 0 Å². The fraction of sp³-hybridized carbons (Fsp3) is 0.222. The molecule has 7 heteroatoms. The van der Waals surface area contributed by atoms with Crippen molar-refractivity contribution in [2.45, 2.75) is 6.61 Å². The molecule has 0 spiro atoms. The number of rotatable bonds is 5. The Morgan fingerprint density at radius 3 is 2.69 bits per heavy atom. The van der Waals surface area contributed by atoms with E-state index in [2.05, 4.69) is 9.84 Å². The predicted molar refractivity (Wildman–Crippen MR) is 55.5 cm³/mol. The molecule has 1 aromatic carbocycles. The van der Waals surface area contributed by atoms with Gasteiger partial charge in [0.2, 0.25) is 0 Å². The second-order valence-electron chi connectivity index (χ2n) is 2.75. The first-order valence-corrected chi connectivity index (χ1v) is 5.55. The fourth-order valence-electron chi connectivity index (χ4n) is 0.921. The van der Waals surface area contributed by atoms with Crippen molar-refractivity contribution >= 4 is 14.3 Å². The molecule has 0 aliphatic rings. The summed E-state index contributed by atoms with van der Waals surface area (Å²) in [5.41, 5.74) is 0.854. The number of alkyl carbamates (subject to hydrolysis) is 1. The lowest BCUT2D eigenvalue weighted by atomic mass is 10.2. The molecule has 16 heavy (non-hydrogen) atoms. The van der Waals surface area contributed by atoms with Crippen LogP contribution in [-0.4, -0.2) is 17.7 Å². The molecular weight excluding hydrogens is 233 g/mol. The molecular formula is C9H11NO5P+. The zero-order valence-electron chi connectivity index (χ0n) is 8.33. The van der Waals surface area contributed by atoms with Gasteiger partial charge in [-0.25, -0.2) is 4.79 Å². The number of benzene rings is 1. The highest BCUT2D eigenvalue weighted by molar-refractivity contribution is 7.32. The molecule has 0 aliphatic carbocycles. The highest BCUT2D eigenvalue weighted by atomic mass is 31.1. The summed E-state index contributed by atoms with van der Waals surface area (Å²) in [5.74, 6) is 0. The van der Waals surface area contributed by atoms with Crippen LogP contribution in [0.1, 0.15) is 5.56 Å². The average Bonchev–Trinajstić information content (AvgIpc) is 2.27. The van der Waals surface area contributed by atoms with Gasteiger partial charge in [0.1, 0.15) is 6.61 Å². The monoisotopic (exact) mass is 244 g/mol. The second-order valence-corrected chi connectivity index (χ2v) is 3.48. The van der Waals surface area contributed by atoms with Crippen molar-refractivity contribution in [3.8, 4) is 0 Å². The molecule has 0 radical (unpaired) electrons. The van der Waals surface area contributed by atoms with Gasteiger partial charge in [-0.05, 0) is 5.56 Å². The van der Waals surface area contributed by atoms with Gasteiger partial charge in [0.05, 0.1) is 0 Å². The van der Waals surface area contributed by atoms with Gasteiger partial charge in [-0.2, -0.15) is 0 Å². The Labute approximate surface area is 93.1 Å². The van der Waals surface area contributed by atoms with E-state index >= 15 is 0 Å². The third-order valence-corrected chi connectivity index (χ3v) is 1.95. The van der Waals surface area contributed by atoms with Crippen molar-refractivity contribution in [1.29, 1.82) is 0 Å². The third-order valence-electron chi connectivity index (χ3n) is 1.60. The maximum Gasteiger partial charge on any atom is 0.696 e. The minimum atomic E-state index is -2.70. The summed E-state index contributed by atoms with van der Waals surface area (Å²) in [7, 11) is -2.70. The molecule has 0 heterocycles. The number of nitrogens with one attached hydrogen (secondary N) is 1. The number of ether oxygens (including phenoxy) is 1. The van der Waals surface area contributed by atoms with E-state index in [0.29, 0.717) is 0 Å². The molecule has 1 rings (SSSR count). The first-order valence-electron chi connectivity index (χ1n) is 4.42. The molecule has 0 bridgehead atoms. The van der Waals surface area contributed by atoms with Crippen LogP contribution in [0, 0.1) is 0 Å². The van der Waals surface area contributed by atoms with Crippen molar-refractivity contribution < 1.29 is 23.5 Å². The van der Waals surface area contributed by atoms with Crippen LogP contribution in [-0.2, 0) is 20.4 Å². The SMILES string of the molecule is O=C(NCO[P+](=O)O)OCc1ccccc1. The molecule has 0 aliphatic heterocycles. The molecule has 2 N–H and O–H groups in total. The minimum absolute atomic E-state index is 0.137. The van der Waals surface area contributed by atoms with Gasteiger partial charge < -0.3 is 4.74 Å². The molecule has 6 nitrogen and oxygen atoms in total. The van der Waals surface area contributed by atoms with E-state index in [-0.39, 0.29) is 13.3 Å². The smallest absolute Gasteiger partial charge is 0.445 e. The largest absolute Gasteiger partial charge is 0.696 e. The Kier molecular flexibility index (Phi) is 5.42. The summed E-state index contributed by atoms with van der Waals surface area (Å²) in [4.78, 5) is 19.3. The highest BCUT2D eigenvalue weighted by Crippen LogP contribution is 2.12. The van der Waals surface area contributed by atoms with Crippen LogP contribution in [0.5, 0.6) is 0 Å². The lowest BCUT2D eigenvalue weighted by molar-refractivity contribution is 0.129. The summed E-state index contributed by atoms with van der Waals surface area (Å²) in [5, 5.41) is 2.16. The van der Waals surface area contributed by atoms with Crippen LogP contribution in [0.3, 0.4) is 0 Å². The molecule has 1 atom stereocenters. The quantitative estimate of drug-likeness (QED) is 0.606. The van der Waals surface area contributed by atoms with E-state index in [1.807, 2.05) is 30.3 Å². The van der Waals surface area contributed by atoms with Gasteiger partial charge in [0.15, 0.2) is 6.73 Å². The Morgan fingerprint density at radius 1 is 1.38 bits per heavy atom. The van der Waals surface area contributed by atoms with Crippen LogP contribution in [0.4, 0.5) is 4.79 Å². The van der Waals surface area contributed by atoms with Gasteiger partial charge in [-0.15, -0.1) is 4.89 Å². The van der Waals surface area contributed by atoms with Crippen LogP contribution < -0.4 is 5.32 Å². The molecule has 0 fully saturated rings. The Morgan fingerprint density at radius 2 is 2.06 bits per heavy atom. The Balaban J connectivity index is 2.18. The lowest BCUT2D eigenvalue weighted by Gasteiger charge is -2.04. The number of carbonyl (C=O) groups is 1. The van der Waals surface area contributed by atoms with Gasteiger partial charge in [-0.3, -0.25) is 5.32 Å². The molecule has 86 valence electrons. The molecule has 0 saturated carbocycles. The summed E-state index contributed by atoms with van der Waals surface area (Å²) in [6, 6.07) is 9.14. The maximum absolute atomic E-state index is 11.0. The molecule has 0 aromatic heterocycles. The zero-order valence-corrected chi connectivity index (χ0v) is 9.22. The fourth-order valence-corrected chi connectivity index (χ4v) is 1.10. The average molecular weight is 244 g/mol. The topological polar surface area (TPSA) is 84.9 Å². The standard InChI is InChI=1S/C9H10NO5P/c11-9(10-7-15-16(12)13)14-6-8-4-2-1-3-5-8/h1-5H,6-7H2,(H-,10,11,12,13)/p+1. The van der Waals surface area contributed by atoms with E-state index in [0.717, 1.165) is 5.56 Å². The number of hydrogen-bond donors (Lipinski definition) is 2. The highest BCUT2D eigenvalue weighted by Gasteiger charge is 2.12. The van der Waals surface area contributed by atoms with Gasteiger partial charge >= 0.3 is 14.3 Å². The lowest BCUT2D eigenvalue weighted by Crippen LogP contribution is -2.25. The second kappa shape index (κ2) is 6.90. The first-order chi connectivity index (χ1) is 7.68.